The molecule has 0 atom stereocenters. The highest BCUT2D eigenvalue weighted by molar-refractivity contribution is 5.21. The van der Waals surface area contributed by atoms with Gasteiger partial charge < -0.3 is 4.57 Å². The minimum absolute atomic E-state index is 0.802. The van der Waals surface area contributed by atoms with E-state index in [1.54, 1.807) is 0 Å². The van der Waals surface area contributed by atoms with Crippen molar-refractivity contribution in [1.82, 2.24) is 9.55 Å². The van der Waals surface area contributed by atoms with Crippen molar-refractivity contribution in [3.8, 4) is 0 Å². The molecule has 2 heteroatoms. The summed E-state index contributed by atoms with van der Waals surface area (Å²) in [5.74, 6) is 1.95. The minimum atomic E-state index is 0.802. The van der Waals surface area contributed by atoms with Crippen LogP contribution in [0.3, 0.4) is 0 Å². The van der Waals surface area contributed by atoms with E-state index in [1.807, 2.05) is 0 Å². The maximum atomic E-state index is 4.48. The van der Waals surface area contributed by atoms with Crippen molar-refractivity contribution in [2.75, 3.05) is 0 Å². The van der Waals surface area contributed by atoms with E-state index < -0.39 is 0 Å². The van der Waals surface area contributed by atoms with Gasteiger partial charge in [-0.1, -0.05) is 6.42 Å². The van der Waals surface area contributed by atoms with Gasteiger partial charge in [-0.2, -0.15) is 0 Å². The van der Waals surface area contributed by atoms with Gasteiger partial charge in [-0.05, 0) is 26.7 Å². The lowest BCUT2D eigenvalue weighted by atomic mass is 9.82. The van der Waals surface area contributed by atoms with Crippen LogP contribution in [0.15, 0.2) is 0 Å². The zero-order valence-corrected chi connectivity index (χ0v) is 8.09. The summed E-state index contributed by atoms with van der Waals surface area (Å²) in [6.07, 6.45) is 4.12. The van der Waals surface area contributed by atoms with E-state index in [9.17, 15) is 0 Å². The van der Waals surface area contributed by atoms with E-state index in [2.05, 4.69) is 30.4 Å². The van der Waals surface area contributed by atoms with Gasteiger partial charge >= 0.3 is 0 Å². The van der Waals surface area contributed by atoms with Crippen LogP contribution in [-0.2, 0) is 7.05 Å². The molecule has 0 unspecified atom stereocenters. The Morgan fingerprint density at radius 2 is 2.00 bits per heavy atom. The summed E-state index contributed by atoms with van der Waals surface area (Å²) >= 11 is 0. The molecule has 0 bridgehead atoms. The summed E-state index contributed by atoms with van der Waals surface area (Å²) < 4.78 is 2.25. The Labute approximate surface area is 73.6 Å². The minimum Gasteiger partial charge on any atom is -0.335 e. The first-order chi connectivity index (χ1) is 5.70. The Morgan fingerprint density at radius 1 is 1.33 bits per heavy atom. The number of hydrogen-bond acceptors (Lipinski definition) is 1. The van der Waals surface area contributed by atoms with Crippen LogP contribution in [0.2, 0.25) is 0 Å². The molecule has 2 nitrogen and oxygen atoms in total. The molecule has 0 saturated heterocycles. The first-order valence-corrected chi connectivity index (χ1v) is 4.70. The maximum absolute atomic E-state index is 4.48. The molecule has 0 amide bonds. The number of aromatic nitrogens is 2. The molecule has 1 heterocycles. The molecule has 0 radical (unpaired) electrons. The average molecular weight is 164 g/mol. The lowest BCUT2D eigenvalue weighted by Gasteiger charge is -2.26. The smallest absolute Gasteiger partial charge is 0.105 e. The normalized spacial score (nSPS) is 17.9. The fraction of sp³-hybridized carbons (Fsp3) is 0.700. The highest BCUT2D eigenvalue weighted by Crippen LogP contribution is 2.37. The molecule has 1 fully saturated rings. The summed E-state index contributed by atoms with van der Waals surface area (Å²) in [7, 11) is 2.13. The Balaban J connectivity index is 2.40. The van der Waals surface area contributed by atoms with Crippen LogP contribution >= 0.6 is 0 Å². The molecule has 66 valence electrons. The van der Waals surface area contributed by atoms with Crippen LogP contribution in [0, 0.1) is 13.8 Å². The topological polar surface area (TPSA) is 17.8 Å². The predicted octanol–water partition coefficient (Wildman–Crippen LogP) is 2.30. The molecule has 1 aliphatic carbocycles. The zero-order valence-electron chi connectivity index (χ0n) is 8.09. The molecule has 12 heavy (non-hydrogen) atoms. The molecule has 1 aromatic heterocycles. The second kappa shape index (κ2) is 2.61. The fourth-order valence-corrected chi connectivity index (χ4v) is 2.04. The van der Waals surface area contributed by atoms with Crippen molar-refractivity contribution < 1.29 is 0 Å². The molecule has 1 saturated carbocycles. The number of aryl methyl sites for hydroxylation is 2. The Hall–Kier alpha value is -0.790. The molecule has 2 rings (SSSR count). The largest absolute Gasteiger partial charge is 0.335 e. The van der Waals surface area contributed by atoms with Gasteiger partial charge in [0.05, 0.1) is 5.69 Å². The Bertz CT molecular complexity index is 295. The highest BCUT2D eigenvalue weighted by Gasteiger charge is 2.24. The summed E-state index contributed by atoms with van der Waals surface area (Å²) in [5.41, 5.74) is 2.71. The van der Waals surface area contributed by atoms with Crippen molar-refractivity contribution >= 4 is 0 Å². The van der Waals surface area contributed by atoms with E-state index in [-0.39, 0.29) is 0 Å². The van der Waals surface area contributed by atoms with Crippen molar-refractivity contribution in [1.29, 1.82) is 0 Å². The van der Waals surface area contributed by atoms with Crippen LogP contribution < -0.4 is 0 Å². The number of rotatable bonds is 1. The zero-order chi connectivity index (χ0) is 8.72. The van der Waals surface area contributed by atoms with Crippen molar-refractivity contribution in [3.05, 3.63) is 17.2 Å². The highest BCUT2D eigenvalue weighted by atomic mass is 15.1. The number of imidazole rings is 1. The molecule has 1 aliphatic rings. The second-order valence-corrected chi connectivity index (χ2v) is 3.82. The van der Waals surface area contributed by atoms with Crippen LogP contribution in [-0.4, -0.2) is 9.55 Å². The van der Waals surface area contributed by atoms with E-state index in [0.717, 1.165) is 11.7 Å². The quantitative estimate of drug-likeness (QED) is 0.622. The van der Waals surface area contributed by atoms with E-state index in [0.29, 0.717) is 0 Å². The molecule has 0 N–H and O–H groups in total. The lowest BCUT2D eigenvalue weighted by molar-refractivity contribution is 0.400. The molecular formula is C10H16N2. The molecule has 0 aromatic carbocycles. The van der Waals surface area contributed by atoms with Gasteiger partial charge in [-0.3, -0.25) is 0 Å². The van der Waals surface area contributed by atoms with Gasteiger partial charge in [-0.25, -0.2) is 4.98 Å². The summed E-state index contributed by atoms with van der Waals surface area (Å²) in [5, 5.41) is 0. The average Bonchev–Trinajstić information content (AvgIpc) is 2.13. The van der Waals surface area contributed by atoms with E-state index in [4.69, 9.17) is 0 Å². The third-order valence-corrected chi connectivity index (χ3v) is 3.04. The van der Waals surface area contributed by atoms with Gasteiger partial charge in [0.25, 0.3) is 0 Å². The lowest BCUT2D eigenvalue weighted by Crippen LogP contribution is -2.14. The van der Waals surface area contributed by atoms with Crippen LogP contribution in [0.5, 0.6) is 0 Å². The van der Waals surface area contributed by atoms with Crippen LogP contribution in [0.1, 0.15) is 42.4 Å². The van der Waals surface area contributed by atoms with Gasteiger partial charge in [-0.15, -0.1) is 0 Å². The standard InChI is InChI=1S/C10H16N2/c1-7-10(9-5-4-6-9)12(3)8(2)11-7/h9H,4-6H2,1-3H3. The molecule has 0 spiro atoms. The van der Waals surface area contributed by atoms with Gasteiger partial charge in [0.2, 0.25) is 0 Å². The van der Waals surface area contributed by atoms with E-state index in [1.165, 1.54) is 30.7 Å². The first kappa shape index (κ1) is 7.84. The van der Waals surface area contributed by atoms with Gasteiger partial charge in [0, 0.05) is 18.7 Å². The molecule has 0 aliphatic heterocycles. The Morgan fingerprint density at radius 3 is 2.33 bits per heavy atom. The first-order valence-electron chi connectivity index (χ1n) is 4.70. The van der Waals surface area contributed by atoms with Crippen LogP contribution in [0.25, 0.3) is 0 Å². The third-order valence-electron chi connectivity index (χ3n) is 3.04. The second-order valence-electron chi connectivity index (χ2n) is 3.82. The predicted molar refractivity (Wildman–Crippen MR) is 49.3 cm³/mol. The van der Waals surface area contributed by atoms with Crippen molar-refractivity contribution in [2.24, 2.45) is 7.05 Å². The SMILES string of the molecule is Cc1nc(C)n(C)c1C1CCC1. The van der Waals surface area contributed by atoms with Crippen LogP contribution in [0.4, 0.5) is 0 Å². The maximum Gasteiger partial charge on any atom is 0.105 e. The van der Waals surface area contributed by atoms with E-state index >= 15 is 0 Å². The summed E-state index contributed by atoms with van der Waals surface area (Å²) in [6.45, 7) is 4.20. The third kappa shape index (κ3) is 0.977. The Kier molecular flexibility index (Phi) is 1.71. The van der Waals surface area contributed by atoms with Crippen molar-refractivity contribution in [3.63, 3.8) is 0 Å². The number of nitrogens with zero attached hydrogens (tertiary/aromatic N) is 2. The summed E-state index contributed by atoms with van der Waals surface area (Å²) in [4.78, 5) is 4.48. The monoisotopic (exact) mass is 164 g/mol. The fourth-order valence-electron chi connectivity index (χ4n) is 2.04. The molecular weight excluding hydrogens is 148 g/mol. The van der Waals surface area contributed by atoms with Gasteiger partial charge in [0.1, 0.15) is 5.82 Å². The summed E-state index contributed by atoms with van der Waals surface area (Å²) in [6, 6.07) is 0. The van der Waals surface area contributed by atoms with Crippen molar-refractivity contribution in [2.45, 2.75) is 39.0 Å². The van der Waals surface area contributed by atoms with Gasteiger partial charge in [0.15, 0.2) is 0 Å². The molecule has 1 aromatic rings. The number of hydrogen-bond donors (Lipinski definition) is 0.